The van der Waals surface area contributed by atoms with Gasteiger partial charge in [-0.2, -0.15) is 0 Å². The maximum atomic E-state index is 10.7. The van der Waals surface area contributed by atoms with Crippen molar-refractivity contribution in [3.05, 3.63) is 0 Å². The second-order valence-electron chi connectivity index (χ2n) is 2.05. The van der Waals surface area contributed by atoms with Crippen molar-refractivity contribution < 1.29 is 14.3 Å². The van der Waals surface area contributed by atoms with Crippen LogP contribution in [0.2, 0.25) is 0 Å². The Balaban J connectivity index is 1.93. The minimum atomic E-state index is -0.109. The van der Waals surface area contributed by atoms with Crippen molar-refractivity contribution in [2.24, 2.45) is 0 Å². The van der Waals surface area contributed by atoms with E-state index in [-0.39, 0.29) is 18.0 Å². The largest absolute Gasteiger partial charge is 0.365 e. The number of carbonyl (C=O) groups is 1. The van der Waals surface area contributed by atoms with Crippen LogP contribution in [0, 0.1) is 0 Å². The van der Waals surface area contributed by atoms with Crippen molar-refractivity contribution in [3.8, 4) is 0 Å². The molecule has 0 aromatic heterocycles. The van der Waals surface area contributed by atoms with Gasteiger partial charge in [0.05, 0.1) is 13.2 Å². The van der Waals surface area contributed by atoms with Gasteiger partial charge in [-0.25, -0.2) is 0 Å². The van der Waals surface area contributed by atoms with E-state index in [1.165, 1.54) is 0 Å². The summed E-state index contributed by atoms with van der Waals surface area (Å²) in [6.07, 6.45) is -0.218. The second-order valence-corrected chi connectivity index (χ2v) is 2.05. The average Bonchev–Trinajstić information content (AvgIpc) is 2.63. The normalized spacial score (nSPS) is 41.5. The molecule has 2 aliphatic rings. The molecule has 2 fully saturated rings. The van der Waals surface area contributed by atoms with Crippen LogP contribution in [0.5, 0.6) is 0 Å². The molecule has 0 saturated carbocycles. The summed E-state index contributed by atoms with van der Waals surface area (Å²) in [6.45, 7) is 1.22. The van der Waals surface area contributed by atoms with Crippen LogP contribution in [0.3, 0.4) is 0 Å². The molecule has 0 amide bonds. The highest BCUT2D eigenvalue weighted by atomic mass is 16.6. The zero-order valence-electron chi connectivity index (χ0n) is 4.29. The summed E-state index contributed by atoms with van der Waals surface area (Å²) in [6, 6.07) is 0. The number of rotatable bonds is 2. The van der Waals surface area contributed by atoms with Gasteiger partial charge in [0, 0.05) is 0 Å². The maximum absolute atomic E-state index is 10.7. The molecule has 2 saturated heterocycles. The van der Waals surface area contributed by atoms with Gasteiger partial charge in [0.2, 0.25) is 0 Å². The summed E-state index contributed by atoms with van der Waals surface area (Å²) < 4.78 is 9.48. The van der Waals surface area contributed by atoms with Gasteiger partial charge in [0.1, 0.15) is 12.2 Å². The number of hydrogen-bond donors (Lipinski definition) is 0. The molecule has 8 heavy (non-hydrogen) atoms. The van der Waals surface area contributed by atoms with Gasteiger partial charge >= 0.3 is 0 Å². The number of hydrogen-bond acceptors (Lipinski definition) is 3. The molecule has 0 aliphatic carbocycles. The van der Waals surface area contributed by atoms with Crippen LogP contribution in [0.4, 0.5) is 0 Å². The molecule has 0 aromatic carbocycles. The molecular formula is C5H6O3. The van der Waals surface area contributed by atoms with Crippen molar-refractivity contribution in [3.63, 3.8) is 0 Å². The molecule has 0 aromatic rings. The summed E-state index contributed by atoms with van der Waals surface area (Å²) in [5, 5.41) is 0. The number of carbonyl (C=O) groups excluding carboxylic acids is 1. The van der Waals surface area contributed by atoms with Gasteiger partial charge in [-0.1, -0.05) is 0 Å². The smallest absolute Gasteiger partial charge is 0.194 e. The Bertz CT molecular complexity index is 110. The maximum Gasteiger partial charge on any atom is 0.194 e. The monoisotopic (exact) mass is 114 g/mol. The zero-order chi connectivity index (χ0) is 5.56. The van der Waals surface area contributed by atoms with E-state index < -0.39 is 0 Å². The van der Waals surface area contributed by atoms with E-state index in [1.54, 1.807) is 0 Å². The molecule has 0 bridgehead atoms. The minimum Gasteiger partial charge on any atom is -0.365 e. The first kappa shape index (κ1) is 4.47. The van der Waals surface area contributed by atoms with Crippen LogP contribution in [0.15, 0.2) is 0 Å². The standard InChI is InChI=1S/C5H6O3/c6-5(3-1-7-3)4-2-8-4/h3-4H,1-2H2/t3-,4-/m1/s1. The number of ether oxygens (including phenoxy) is 2. The van der Waals surface area contributed by atoms with Crippen LogP contribution < -0.4 is 0 Å². The lowest BCUT2D eigenvalue weighted by Gasteiger charge is -1.82. The summed E-state index contributed by atoms with van der Waals surface area (Å²) in [4.78, 5) is 10.7. The van der Waals surface area contributed by atoms with E-state index in [4.69, 9.17) is 9.47 Å². The van der Waals surface area contributed by atoms with Gasteiger partial charge in [-0.3, -0.25) is 4.79 Å². The van der Waals surface area contributed by atoms with E-state index in [2.05, 4.69) is 0 Å². The summed E-state index contributed by atoms with van der Waals surface area (Å²) >= 11 is 0. The summed E-state index contributed by atoms with van der Waals surface area (Å²) in [5.74, 6) is 0.130. The van der Waals surface area contributed by atoms with Gasteiger partial charge in [-0.05, 0) is 0 Å². The first-order valence-electron chi connectivity index (χ1n) is 2.65. The molecule has 0 N–H and O–H groups in total. The quantitative estimate of drug-likeness (QED) is 0.448. The second kappa shape index (κ2) is 1.30. The summed E-state index contributed by atoms with van der Waals surface area (Å²) in [5.41, 5.74) is 0. The number of Topliss-reactive ketones (excluding diaryl/α,β-unsaturated/α-hetero) is 1. The number of ketones is 1. The minimum absolute atomic E-state index is 0.109. The van der Waals surface area contributed by atoms with Crippen LogP contribution in [-0.2, 0) is 14.3 Å². The van der Waals surface area contributed by atoms with E-state index in [9.17, 15) is 4.79 Å². The Kier molecular flexibility index (Phi) is 0.725. The van der Waals surface area contributed by atoms with Crippen molar-refractivity contribution in [1.82, 2.24) is 0 Å². The van der Waals surface area contributed by atoms with Gasteiger partial charge in [0.15, 0.2) is 5.78 Å². The van der Waals surface area contributed by atoms with Gasteiger partial charge in [0.25, 0.3) is 0 Å². The SMILES string of the molecule is O=C([C@H]1CO1)[C@H]1CO1. The molecule has 0 radical (unpaired) electrons. The Hall–Kier alpha value is -0.410. The van der Waals surface area contributed by atoms with Crippen LogP contribution in [0.1, 0.15) is 0 Å². The van der Waals surface area contributed by atoms with Crippen molar-refractivity contribution in [1.29, 1.82) is 0 Å². The summed E-state index contributed by atoms with van der Waals surface area (Å²) in [7, 11) is 0. The average molecular weight is 114 g/mol. The Morgan fingerprint density at radius 3 is 1.88 bits per heavy atom. The van der Waals surface area contributed by atoms with Crippen LogP contribution in [0.25, 0.3) is 0 Å². The van der Waals surface area contributed by atoms with Crippen LogP contribution >= 0.6 is 0 Å². The zero-order valence-corrected chi connectivity index (χ0v) is 4.29. The fourth-order valence-electron chi connectivity index (χ4n) is 0.632. The Morgan fingerprint density at radius 2 is 1.62 bits per heavy atom. The first-order valence-corrected chi connectivity index (χ1v) is 2.65. The van der Waals surface area contributed by atoms with E-state index in [1.807, 2.05) is 0 Å². The first-order chi connectivity index (χ1) is 3.88. The lowest BCUT2D eigenvalue weighted by molar-refractivity contribution is -0.121. The third kappa shape index (κ3) is 0.638. The third-order valence-electron chi connectivity index (χ3n) is 1.30. The molecule has 3 nitrogen and oxygen atoms in total. The highest BCUT2D eigenvalue weighted by Crippen LogP contribution is 2.19. The predicted octanol–water partition coefficient (Wildman–Crippen LogP) is -0.647. The molecule has 3 heteroatoms. The molecule has 2 rings (SSSR count). The highest BCUT2D eigenvalue weighted by Gasteiger charge is 2.42. The topological polar surface area (TPSA) is 42.1 Å². The lowest BCUT2D eigenvalue weighted by Crippen LogP contribution is -2.13. The molecule has 0 spiro atoms. The van der Waals surface area contributed by atoms with E-state index >= 15 is 0 Å². The van der Waals surface area contributed by atoms with Crippen LogP contribution in [-0.4, -0.2) is 31.2 Å². The molecule has 2 aliphatic heterocycles. The van der Waals surface area contributed by atoms with Gasteiger partial charge < -0.3 is 9.47 Å². The molecule has 2 atom stereocenters. The Morgan fingerprint density at radius 1 is 1.25 bits per heavy atom. The fourth-order valence-corrected chi connectivity index (χ4v) is 0.632. The van der Waals surface area contributed by atoms with Crippen molar-refractivity contribution in [2.45, 2.75) is 12.2 Å². The van der Waals surface area contributed by atoms with E-state index in [0.29, 0.717) is 13.2 Å². The fraction of sp³-hybridized carbons (Fsp3) is 0.800. The Labute approximate surface area is 46.6 Å². The van der Waals surface area contributed by atoms with Crippen molar-refractivity contribution >= 4 is 5.78 Å². The molecule has 2 heterocycles. The predicted molar refractivity (Wildman–Crippen MR) is 24.5 cm³/mol. The molecular weight excluding hydrogens is 108 g/mol. The van der Waals surface area contributed by atoms with E-state index in [0.717, 1.165) is 0 Å². The lowest BCUT2D eigenvalue weighted by atomic mass is 10.2. The molecule has 44 valence electrons. The highest BCUT2D eigenvalue weighted by molar-refractivity contribution is 5.90. The third-order valence-corrected chi connectivity index (χ3v) is 1.30. The van der Waals surface area contributed by atoms with Gasteiger partial charge in [-0.15, -0.1) is 0 Å². The number of epoxide rings is 2. The molecule has 0 unspecified atom stereocenters. The van der Waals surface area contributed by atoms with Crippen molar-refractivity contribution in [2.75, 3.05) is 13.2 Å².